The number of carbonyl (C=O) groups is 1. The van der Waals surface area contributed by atoms with Crippen molar-refractivity contribution in [3.05, 3.63) is 64.7 Å². The highest BCUT2D eigenvalue weighted by atomic mass is 35.5. The van der Waals surface area contributed by atoms with Gasteiger partial charge >= 0.3 is 0 Å². The zero-order valence-electron chi connectivity index (χ0n) is 11.2. The number of rotatable bonds is 5. The molecule has 20 heavy (non-hydrogen) atoms. The van der Waals surface area contributed by atoms with Crippen molar-refractivity contribution in [1.82, 2.24) is 5.32 Å². The maximum atomic E-state index is 11.8. The first-order valence-electron chi connectivity index (χ1n) is 6.31. The average molecular weight is 290 g/mol. The lowest BCUT2D eigenvalue weighted by molar-refractivity contribution is -0.120. The largest absolute Gasteiger partial charge is 0.497 e. The summed E-state index contributed by atoms with van der Waals surface area (Å²) in [5.74, 6) is 0.778. The number of benzene rings is 2. The van der Waals surface area contributed by atoms with Crippen molar-refractivity contribution >= 4 is 17.5 Å². The van der Waals surface area contributed by atoms with E-state index in [-0.39, 0.29) is 5.91 Å². The van der Waals surface area contributed by atoms with Crippen LogP contribution in [-0.4, -0.2) is 13.0 Å². The van der Waals surface area contributed by atoms with Crippen LogP contribution < -0.4 is 10.1 Å². The van der Waals surface area contributed by atoms with Gasteiger partial charge in [0.1, 0.15) is 5.75 Å². The molecule has 0 atom stereocenters. The summed E-state index contributed by atoms with van der Waals surface area (Å²) < 4.78 is 5.08. The highest BCUT2D eigenvalue weighted by Crippen LogP contribution is 2.12. The topological polar surface area (TPSA) is 38.3 Å². The lowest BCUT2D eigenvalue weighted by Gasteiger charge is -2.06. The standard InChI is InChI=1S/C16H16ClNO2/c1-20-15-8-4-12(5-9-15)10-16(19)18-11-13-2-6-14(17)7-3-13/h2-9H,10-11H2,1H3,(H,18,19). The molecule has 0 bridgehead atoms. The van der Waals surface area contributed by atoms with Crippen molar-refractivity contribution in [3.8, 4) is 5.75 Å². The monoisotopic (exact) mass is 289 g/mol. The minimum absolute atomic E-state index is 0.00915. The molecule has 0 spiro atoms. The van der Waals surface area contributed by atoms with Crippen LogP contribution in [0.3, 0.4) is 0 Å². The molecular formula is C16H16ClNO2. The van der Waals surface area contributed by atoms with Crippen LogP contribution >= 0.6 is 11.6 Å². The molecule has 3 nitrogen and oxygen atoms in total. The van der Waals surface area contributed by atoms with Gasteiger partial charge < -0.3 is 10.1 Å². The van der Waals surface area contributed by atoms with Crippen molar-refractivity contribution < 1.29 is 9.53 Å². The maximum Gasteiger partial charge on any atom is 0.224 e. The van der Waals surface area contributed by atoms with E-state index in [1.165, 1.54) is 0 Å². The average Bonchev–Trinajstić information content (AvgIpc) is 2.47. The Hall–Kier alpha value is -2.00. The Bertz CT molecular complexity index is 564. The number of hydrogen-bond donors (Lipinski definition) is 1. The van der Waals surface area contributed by atoms with Gasteiger partial charge in [-0.15, -0.1) is 0 Å². The summed E-state index contributed by atoms with van der Waals surface area (Å²) in [4.78, 5) is 11.8. The van der Waals surface area contributed by atoms with Crippen LogP contribution in [0.2, 0.25) is 5.02 Å². The first-order valence-corrected chi connectivity index (χ1v) is 6.69. The van der Waals surface area contributed by atoms with E-state index >= 15 is 0 Å². The van der Waals surface area contributed by atoms with E-state index in [4.69, 9.17) is 16.3 Å². The molecule has 1 N–H and O–H groups in total. The lowest BCUT2D eigenvalue weighted by Crippen LogP contribution is -2.24. The smallest absolute Gasteiger partial charge is 0.224 e. The number of methoxy groups -OCH3 is 1. The molecule has 0 fully saturated rings. The number of ether oxygens (including phenoxy) is 1. The molecular weight excluding hydrogens is 274 g/mol. The van der Waals surface area contributed by atoms with Gasteiger partial charge in [-0.25, -0.2) is 0 Å². The molecule has 0 radical (unpaired) electrons. The molecule has 104 valence electrons. The van der Waals surface area contributed by atoms with Gasteiger partial charge in [0.05, 0.1) is 13.5 Å². The highest BCUT2D eigenvalue weighted by Gasteiger charge is 2.03. The third-order valence-electron chi connectivity index (χ3n) is 2.93. The minimum Gasteiger partial charge on any atom is -0.497 e. The van der Waals surface area contributed by atoms with Gasteiger partial charge in [0, 0.05) is 11.6 Å². The number of halogens is 1. The summed E-state index contributed by atoms with van der Waals surface area (Å²) in [5.41, 5.74) is 1.98. The molecule has 0 saturated heterocycles. The molecule has 0 aliphatic carbocycles. The summed E-state index contributed by atoms with van der Waals surface area (Å²) in [7, 11) is 1.62. The van der Waals surface area contributed by atoms with Crippen molar-refractivity contribution in [2.24, 2.45) is 0 Å². The van der Waals surface area contributed by atoms with E-state index in [1.807, 2.05) is 48.5 Å². The van der Waals surface area contributed by atoms with Crippen molar-refractivity contribution in [2.75, 3.05) is 7.11 Å². The molecule has 0 saturated carbocycles. The first kappa shape index (κ1) is 14.4. The number of hydrogen-bond acceptors (Lipinski definition) is 2. The van der Waals surface area contributed by atoms with Crippen LogP contribution in [-0.2, 0) is 17.8 Å². The van der Waals surface area contributed by atoms with Gasteiger partial charge in [0.2, 0.25) is 5.91 Å². The van der Waals surface area contributed by atoms with Gasteiger partial charge in [0.25, 0.3) is 0 Å². The van der Waals surface area contributed by atoms with E-state index in [9.17, 15) is 4.79 Å². The Morgan fingerprint density at radius 1 is 1.05 bits per heavy atom. The summed E-state index contributed by atoms with van der Waals surface area (Å²) in [6, 6.07) is 14.9. The molecule has 0 heterocycles. The highest BCUT2D eigenvalue weighted by molar-refractivity contribution is 6.30. The maximum absolute atomic E-state index is 11.8. The van der Waals surface area contributed by atoms with Crippen molar-refractivity contribution in [2.45, 2.75) is 13.0 Å². The summed E-state index contributed by atoms with van der Waals surface area (Å²) >= 11 is 5.81. The second-order valence-corrected chi connectivity index (χ2v) is 4.86. The predicted molar refractivity (Wildman–Crippen MR) is 80.0 cm³/mol. The van der Waals surface area contributed by atoms with E-state index in [0.29, 0.717) is 18.0 Å². The van der Waals surface area contributed by atoms with Crippen molar-refractivity contribution in [1.29, 1.82) is 0 Å². The van der Waals surface area contributed by atoms with Gasteiger partial charge in [0.15, 0.2) is 0 Å². The lowest BCUT2D eigenvalue weighted by atomic mass is 10.1. The van der Waals surface area contributed by atoms with Crippen LogP contribution in [0.25, 0.3) is 0 Å². The molecule has 4 heteroatoms. The van der Waals surface area contributed by atoms with Gasteiger partial charge in [-0.05, 0) is 35.4 Å². The molecule has 0 aliphatic rings. The van der Waals surface area contributed by atoms with Gasteiger partial charge in [-0.1, -0.05) is 35.9 Å². The van der Waals surface area contributed by atoms with Crippen LogP contribution in [0.15, 0.2) is 48.5 Å². The molecule has 2 aromatic carbocycles. The summed E-state index contributed by atoms with van der Waals surface area (Å²) in [6.07, 6.45) is 0.359. The quantitative estimate of drug-likeness (QED) is 0.918. The predicted octanol–water partition coefficient (Wildman–Crippen LogP) is 3.21. The van der Waals surface area contributed by atoms with Crippen LogP contribution in [0, 0.1) is 0 Å². The fourth-order valence-corrected chi connectivity index (χ4v) is 1.92. The number of nitrogens with one attached hydrogen (secondary N) is 1. The molecule has 1 amide bonds. The zero-order valence-corrected chi connectivity index (χ0v) is 12.0. The summed E-state index contributed by atoms with van der Waals surface area (Å²) in [5, 5.41) is 3.58. The fourth-order valence-electron chi connectivity index (χ4n) is 1.79. The van der Waals surface area contributed by atoms with Crippen LogP contribution in [0.4, 0.5) is 0 Å². The second-order valence-electron chi connectivity index (χ2n) is 4.43. The van der Waals surface area contributed by atoms with E-state index in [1.54, 1.807) is 7.11 Å². The van der Waals surface area contributed by atoms with Gasteiger partial charge in [-0.3, -0.25) is 4.79 Å². The fraction of sp³-hybridized carbons (Fsp3) is 0.188. The van der Waals surface area contributed by atoms with Gasteiger partial charge in [-0.2, -0.15) is 0 Å². The molecule has 0 aliphatic heterocycles. The Balaban J connectivity index is 1.84. The second kappa shape index (κ2) is 6.96. The number of amides is 1. The molecule has 0 unspecified atom stereocenters. The van der Waals surface area contributed by atoms with E-state index in [2.05, 4.69) is 5.32 Å². The Morgan fingerprint density at radius 3 is 2.25 bits per heavy atom. The molecule has 2 rings (SSSR count). The van der Waals surface area contributed by atoms with E-state index < -0.39 is 0 Å². The first-order chi connectivity index (χ1) is 9.67. The molecule has 2 aromatic rings. The van der Waals surface area contributed by atoms with Crippen LogP contribution in [0.5, 0.6) is 5.75 Å². The molecule has 0 aromatic heterocycles. The van der Waals surface area contributed by atoms with Crippen molar-refractivity contribution in [3.63, 3.8) is 0 Å². The Labute approximate surface area is 123 Å². The summed E-state index contributed by atoms with van der Waals surface area (Å²) in [6.45, 7) is 0.506. The van der Waals surface area contributed by atoms with Crippen LogP contribution in [0.1, 0.15) is 11.1 Å². The SMILES string of the molecule is COc1ccc(CC(=O)NCc2ccc(Cl)cc2)cc1. The number of carbonyl (C=O) groups excluding carboxylic acids is 1. The third-order valence-corrected chi connectivity index (χ3v) is 3.18. The zero-order chi connectivity index (χ0) is 14.4. The Morgan fingerprint density at radius 2 is 1.65 bits per heavy atom. The third kappa shape index (κ3) is 4.28. The minimum atomic E-state index is -0.00915. The Kier molecular flexibility index (Phi) is 5.02. The normalized spacial score (nSPS) is 10.1. The van der Waals surface area contributed by atoms with E-state index in [0.717, 1.165) is 16.9 Å².